The molecule has 0 aliphatic carbocycles. The zero-order valence-electron chi connectivity index (χ0n) is 11.8. The van der Waals surface area contributed by atoms with Crippen molar-refractivity contribution < 1.29 is 129 Å². The van der Waals surface area contributed by atoms with Crippen LogP contribution in [-0.4, -0.2) is 23.9 Å². The molecule has 0 N–H and O–H groups in total. The van der Waals surface area contributed by atoms with Crippen molar-refractivity contribution in [3.05, 3.63) is 46.5 Å². The smallest absolute Gasteiger partial charge is 0.545 e. The summed E-state index contributed by atoms with van der Waals surface area (Å²) < 4.78 is 0. The maximum atomic E-state index is 11.1. The summed E-state index contributed by atoms with van der Waals surface area (Å²) in [6.07, 6.45) is 0. The van der Waals surface area contributed by atoms with Crippen LogP contribution in [0.3, 0.4) is 0 Å². The van der Waals surface area contributed by atoms with Gasteiger partial charge in [-0.15, -0.1) is 0 Å². The Morgan fingerprint density at radius 1 is 0.462 bits per heavy atom. The molecule has 0 saturated heterocycles. The number of rotatable bonds is 4. The van der Waals surface area contributed by atoms with E-state index < -0.39 is 56.9 Å². The largest absolute Gasteiger partial charge is 1.00 e. The van der Waals surface area contributed by atoms with Gasteiger partial charge in [-0.2, -0.15) is 0 Å². The first-order chi connectivity index (χ1) is 10.3. The van der Waals surface area contributed by atoms with E-state index in [0.717, 1.165) is 24.3 Å². The molecule has 8 nitrogen and oxygen atoms in total. The molecule has 0 heterocycles. The number of carboxylic acids is 4. The van der Waals surface area contributed by atoms with Crippen LogP contribution in [0.2, 0.25) is 0 Å². The van der Waals surface area contributed by atoms with Crippen LogP contribution in [0.25, 0.3) is 10.8 Å². The summed E-state index contributed by atoms with van der Waals surface area (Å²) in [5.74, 6) is -7.25. The summed E-state index contributed by atoms with van der Waals surface area (Å²) in [7, 11) is 0. The molecule has 0 aliphatic rings. The van der Waals surface area contributed by atoms with Gasteiger partial charge in [0.1, 0.15) is 0 Å². The Labute approximate surface area is 208 Å². The fourth-order valence-corrected chi connectivity index (χ4v) is 2.18. The summed E-state index contributed by atoms with van der Waals surface area (Å²) in [4.78, 5) is 44.4. The second-order valence-corrected chi connectivity index (χ2v) is 4.22. The van der Waals surface area contributed by atoms with E-state index in [9.17, 15) is 39.6 Å². The van der Waals surface area contributed by atoms with Crippen molar-refractivity contribution in [1.29, 1.82) is 0 Å². The average molecular weight is 732 g/mol. The van der Waals surface area contributed by atoms with Crippen molar-refractivity contribution in [3.8, 4) is 0 Å². The molecule has 0 bridgehead atoms. The molecule has 0 atom stereocenters. The maximum Gasteiger partial charge on any atom is 1.00 e. The van der Waals surface area contributed by atoms with Crippen LogP contribution < -0.4 is 20.4 Å². The quantitative estimate of drug-likeness (QED) is 0.291. The number of aromatic carboxylic acids is 4. The maximum absolute atomic E-state index is 11.1. The van der Waals surface area contributed by atoms with E-state index in [1.807, 2.05) is 0 Å². The Hall–Kier alpha value is -0.459. The molecule has 0 amide bonds. The Balaban J connectivity index is -0.00000132. The van der Waals surface area contributed by atoms with Crippen molar-refractivity contribution in [2.24, 2.45) is 0 Å². The number of hydrogen-bond acceptors (Lipinski definition) is 8. The normalized spacial score (nSPS) is 8.77. The third-order valence-corrected chi connectivity index (χ3v) is 3.04. The van der Waals surface area contributed by atoms with E-state index in [0.29, 0.717) is 0 Å². The fourth-order valence-electron chi connectivity index (χ4n) is 2.18. The Morgan fingerprint density at radius 2 is 0.615 bits per heavy atom. The van der Waals surface area contributed by atoms with Crippen molar-refractivity contribution >= 4 is 34.6 Å². The van der Waals surface area contributed by atoms with Gasteiger partial charge in [0.05, 0.1) is 23.9 Å². The van der Waals surface area contributed by atoms with Gasteiger partial charge in [-0.25, -0.2) is 0 Å². The molecule has 152 valence electrons. The molecule has 0 unspecified atom stereocenters. The first-order valence-corrected chi connectivity index (χ1v) is 5.70. The zero-order valence-corrected chi connectivity index (χ0v) is 17.7. The van der Waals surface area contributed by atoms with Crippen LogP contribution >= 0.6 is 0 Å². The molecule has 0 aliphatic heterocycles. The Bertz CT molecular complexity index is 728. The molecule has 12 heteroatoms. The van der Waals surface area contributed by atoms with Crippen molar-refractivity contribution in [2.45, 2.75) is 0 Å². The topological polar surface area (TPSA) is 161 Å². The Morgan fingerprint density at radius 3 is 0.731 bits per heavy atom. The van der Waals surface area contributed by atoms with Gasteiger partial charge in [-0.05, 0) is 0 Å². The third kappa shape index (κ3) is 5.77. The number of carbonyl (C=O) groups is 4. The molecular weight excluding hydrogens is 728 g/mol. The second-order valence-electron chi connectivity index (χ2n) is 4.22. The van der Waals surface area contributed by atoms with Gasteiger partial charge in [0, 0.05) is 33.0 Å². The summed E-state index contributed by atoms with van der Waals surface area (Å²) >= 11 is 0. The SMILES string of the molecule is O=C([O-])c1ccc(C(=O)[O-])c2c(C(=O)[O-])ccc(C(=O)[O-])c12.[Ag+].[Ag+].[Ag+].[Ag+]. The Kier molecular flexibility index (Phi) is 14.1. The van der Waals surface area contributed by atoms with Gasteiger partial charge in [0.2, 0.25) is 0 Å². The molecule has 0 fully saturated rings. The van der Waals surface area contributed by atoms with Gasteiger partial charge in [0.25, 0.3) is 0 Å². The van der Waals surface area contributed by atoms with E-state index in [1.165, 1.54) is 0 Å². The predicted molar refractivity (Wildman–Crippen MR) is 61.3 cm³/mol. The molecule has 0 spiro atoms. The van der Waals surface area contributed by atoms with E-state index in [4.69, 9.17) is 0 Å². The van der Waals surface area contributed by atoms with Crippen LogP contribution in [0.5, 0.6) is 0 Å². The molecular formula is C14H4Ag4O8. The van der Waals surface area contributed by atoms with E-state index >= 15 is 0 Å². The van der Waals surface area contributed by atoms with Crippen LogP contribution in [0.15, 0.2) is 24.3 Å². The first kappa shape index (κ1) is 30.3. The molecule has 0 aromatic heterocycles. The number of carboxylic acid groups (broad SMARTS) is 4. The molecule has 2 rings (SSSR count). The minimum Gasteiger partial charge on any atom is -0.545 e. The monoisotopic (exact) mass is 728 g/mol. The average Bonchev–Trinajstić information content (AvgIpc) is 2.43. The van der Waals surface area contributed by atoms with Gasteiger partial charge >= 0.3 is 89.5 Å². The standard InChI is InChI=1S/C14H8O8.4Ag/c15-11(16)5-1-2-6(12(17)18)10-8(14(21)22)4-3-7(9(5)10)13(19)20;;;;/h1-4H,(H,15,16)(H,17,18)(H,19,20)(H,21,22);;;;/q;4*+1/p-4. The van der Waals surface area contributed by atoms with Crippen LogP contribution in [0.4, 0.5) is 0 Å². The summed E-state index contributed by atoms with van der Waals surface area (Å²) in [6, 6.07) is 3.14. The number of carbonyl (C=O) groups excluding carboxylic acids is 4. The minimum absolute atomic E-state index is 0. The van der Waals surface area contributed by atoms with Crippen LogP contribution in [-0.2, 0) is 89.5 Å². The zero-order chi connectivity index (χ0) is 16.6. The summed E-state index contributed by atoms with van der Waals surface area (Å²) in [5.41, 5.74) is -2.77. The predicted octanol–water partition coefficient (Wildman–Crippen LogP) is -3.72. The minimum atomic E-state index is -1.81. The van der Waals surface area contributed by atoms with Gasteiger partial charge in [0.15, 0.2) is 0 Å². The second kappa shape index (κ2) is 12.1. The van der Waals surface area contributed by atoms with Crippen LogP contribution in [0.1, 0.15) is 41.4 Å². The molecule has 0 radical (unpaired) electrons. The van der Waals surface area contributed by atoms with Crippen LogP contribution in [0, 0.1) is 0 Å². The molecule has 2 aromatic rings. The van der Waals surface area contributed by atoms with Gasteiger partial charge in [-0.3, -0.25) is 0 Å². The molecule has 0 saturated carbocycles. The van der Waals surface area contributed by atoms with E-state index in [1.54, 1.807) is 0 Å². The molecule has 2 aromatic carbocycles. The number of benzene rings is 2. The number of fused-ring (bicyclic) bond motifs is 1. The van der Waals surface area contributed by atoms with E-state index in [2.05, 4.69) is 0 Å². The van der Waals surface area contributed by atoms with Crippen molar-refractivity contribution in [1.82, 2.24) is 0 Å². The summed E-state index contributed by atoms with van der Waals surface area (Å²) in [6.45, 7) is 0. The van der Waals surface area contributed by atoms with Crippen molar-refractivity contribution in [3.63, 3.8) is 0 Å². The number of hydrogen-bond donors (Lipinski definition) is 0. The van der Waals surface area contributed by atoms with E-state index in [-0.39, 0.29) is 89.5 Å². The first-order valence-electron chi connectivity index (χ1n) is 5.70. The molecule has 26 heavy (non-hydrogen) atoms. The van der Waals surface area contributed by atoms with Crippen molar-refractivity contribution in [2.75, 3.05) is 0 Å². The van der Waals surface area contributed by atoms with Gasteiger partial charge in [-0.1, -0.05) is 24.3 Å². The van der Waals surface area contributed by atoms with Gasteiger partial charge < -0.3 is 39.6 Å². The fraction of sp³-hybridized carbons (Fsp3) is 0. The third-order valence-electron chi connectivity index (χ3n) is 3.04. The summed E-state index contributed by atoms with van der Waals surface area (Å²) in [5, 5.41) is 43.1.